The molecule has 2 rings (SSSR count). The van der Waals surface area contributed by atoms with Crippen LogP contribution < -0.4 is 0 Å². The summed E-state index contributed by atoms with van der Waals surface area (Å²) >= 11 is 11.5. The van der Waals surface area contributed by atoms with E-state index in [9.17, 15) is 9.18 Å². The van der Waals surface area contributed by atoms with Crippen molar-refractivity contribution in [2.45, 2.75) is 6.42 Å². The van der Waals surface area contributed by atoms with Crippen LogP contribution in [0.4, 0.5) is 4.39 Å². The number of carbonyl (C=O) groups is 1. The van der Waals surface area contributed by atoms with E-state index in [-0.39, 0.29) is 11.7 Å². The zero-order chi connectivity index (χ0) is 15.4. The molecule has 0 unspecified atom stereocenters. The zero-order valence-corrected chi connectivity index (χ0v) is 15.3. The molecule has 1 aliphatic heterocycles. The number of thioether (sulfide) groups is 2. The molecule has 7 heteroatoms. The average molecular weight is 406 g/mol. The fraction of sp³-hybridized carbons (Fsp3) is 0.286. The Morgan fingerprint density at radius 1 is 1.52 bits per heavy atom. The number of amides is 1. The topological polar surface area (TPSA) is 20.3 Å². The van der Waals surface area contributed by atoms with Crippen LogP contribution in [0.1, 0.15) is 12.0 Å². The van der Waals surface area contributed by atoms with Gasteiger partial charge in [0.05, 0.1) is 4.91 Å². The first-order chi connectivity index (χ1) is 10.0. The van der Waals surface area contributed by atoms with Crippen LogP contribution in [0, 0.1) is 5.82 Å². The smallest absolute Gasteiger partial charge is 0.266 e. The van der Waals surface area contributed by atoms with Crippen LogP contribution in [0.15, 0.2) is 27.6 Å². The molecular formula is C14H13BrFNOS3. The van der Waals surface area contributed by atoms with Gasteiger partial charge in [-0.3, -0.25) is 9.69 Å². The molecule has 1 aliphatic rings. The van der Waals surface area contributed by atoms with Gasteiger partial charge in [0.25, 0.3) is 5.91 Å². The minimum atomic E-state index is -0.356. The van der Waals surface area contributed by atoms with Crippen molar-refractivity contribution in [1.82, 2.24) is 4.90 Å². The maximum Gasteiger partial charge on any atom is 0.266 e. The van der Waals surface area contributed by atoms with Gasteiger partial charge in [-0.15, -0.1) is 0 Å². The number of halogens is 2. The van der Waals surface area contributed by atoms with Gasteiger partial charge in [0.15, 0.2) is 0 Å². The van der Waals surface area contributed by atoms with Crippen molar-refractivity contribution in [3.8, 4) is 0 Å². The average Bonchev–Trinajstić information content (AvgIpc) is 2.70. The molecule has 0 aliphatic carbocycles. The minimum Gasteiger partial charge on any atom is -0.293 e. The van der Waals surface area contributed by atoms with Crippen LogP contribution in [0.2, 0.25) is 0 Å². The predicted molar refractivity (Wildman–Crippen MR) is 97.0 cm³/mol. The third-order valence-corrected chi connectivity index (χ3v) is 5.42. The maximum absolute atomic E-state index is 13.8. The quantitative estimate of drug-likeness (QED) is 0.406. The molecule has 2 nitrogen and oxygen atoms in total. The highest BCUT2D eigenvalue weighted by molar-refractivity contribution is 9.10. The fourth-order valence-corrected chi connectivity index (χ4v) is 3.92. The van der Waals surface area contributed by atoms with Crippen molar-refractivity contribution in [1.29, 1.82) is 0 Å². The van der Waals surface area contributed by atoms with E-state index < -0.39 is 0 Å². The van der Waals surface area contributed by atoms with Crippen LogP contribution in [-0.2, 0) is 4.79 Å². The lowest BCUT2D eigenvalue weighted by molar-refractivity contribution is -0.122. The molecule has 0 saturated carbocycles. The van der Waals surface area contributed by atoms with Gasteiger partial charge in [0.2, 0.25) is 0 Å². The van der Waals surface area contributed by atoms with Crippen LogP contribution in [0.5, 0.6) is 0 Å². The Bertz CT molecular complexity index is 606. The summed E-state index contributed by atoms with van der Waals surface area (Å²) in [5.74, 6) is 0.493. The molecule has 1 heterocycles. The summed E-state index contributed by atoms with van der Waals surface area (Å²) in [6.45, 7) is 0.615. The Hall–Kier alpha value is -0.370. The normalized spacial score (nSPS) is 17.1. The SMILES string of the molecule is CSCCCN1C(=O)/C(=C\c2cc(Br)ccc2F)SC1=S. The predicted octanol–water partition coefficient (Wildman–Crippen LogP) is 4.54. The Labute approximate surface area is 145 Å². The monoisotopic (exact) mass is 405 g/mol. The number of carbonyl (C=O) groups excluding carboxylic acids is 1. The Morgan fingerprint density at radius 2 is 2.29 bits per heavy atom. The van der Waals surface area contributed by atoms with E-state index in [0.29, 0.717) is 21.3 Å². The van der Waals surface area contributed by atoms with Gasteiger partial charge in [-0.1, -0.05) is 39.9 Å². The first-order valence-electron chi connectivity index (χ1n) is 6.22. The fourth-order valence-electron chi connectivity index (χ4n) is 1.83. The van der Waals surface area contributed by atoms with Gasteiger partial charge >= 0.3 is 0 Å². The molecular weight excluding hydrogens is 393 g/mol. The van der Waals surface area contributed by atoms with E-state index in [0.717, 1.165) is 16.6 Å². The van der Waals surface area contributed by atoms with Gasteiger partial charge in [-0.05, 0) is 42.7 Å². The lowest BCUT2D eigenvalue weighted by atomic mass is 10.2. The molecule has 0 aromatic heterocycles. The third kappa shape index (κ3) is 4.31. The van der Waals surface area contributed by atoms with E-state index in [1.807, 2.05) is 6.26 Å². The van der Waals surface area contributed by atoms with Crippen molar-refractivity contribution >= 4 is 68.0 Å². The molecule has 1 saturated heterocycles. The molecule has 1 amide bonds. The summed E-state index contributed by atoms with van der Waals surface area (Å²) in [5.41, 5.74) is 0.383. The lowest BCUT2D eigenvalue weighted by Gasteiger charge is -2.13. The van der Waals surface area contributed by atoms with Gasteiger partial charge in [-0.25, -0.2) is 4.39 Å². The molecule has 112 valence electrons. The second-order valence-corrected chi connectivity index (χ2v) is 7.92. The zero-order valence-electron chi connectivity index (χ0n) is 11.3. The number of nitrogens with zero attached hydrogens (tertiary/aromatic N) is 1. The Balaban J connectivity index is 2.18. The van der Waals surface area contributed by atoms with Gasteiger partial charge < -0.3 is 0 Å². The van der Waals surface area contributed by atoms with Crippen molar-refractivity contribution in [2.75, 3.05) is 18.6 Å². The molecule has 1 aromatic rings. The third-order valence-electron chi connectivity index (χ3n) is 2.85. The first-order valence-corrected chi connectivity index (χ1v) is 9.63. The van der Waals surface area contributed by atoms with Crippen LogP contribution >= 0.6 is 51.7 Å². The highest BCUT2D eigenvalue weighted by Gasteiger charge is 2.31. The van der Waals surface area contributed by atoms with Crippen molar-refractivity contribution in [3.05, 3.63) is 39.0 Å². The molecule has 0 N–H and O–H groups in total. The number of thiocarbonyl (C=S) groups is 1. The molecule has 0 atom stereocenters. The number of rotatable bonds is 5. The summed E-state index contributed by atoms with van der Waals surface area (Å²) in [5, 5.41) is 0. The molecule has 0 radical (unpaired) electrons. The van der Waals surface area contributed by atoms with Crippen molar-refractivity contribution in [3.63, 3.8) is 0 Å². The van der Waals surface area contributed by atoms with E-state index in [1.54, 1.807) is 34.9 Å². The summed E-state index contributed by atoms with van der Waals surface area (Å²) in [6, 6.07) is 4.64. The summed E-state index contributed by atoms with van der Waals surface area (Å²) in [7, 11) is 0. The van der Waals surface area contributed by atoms with Gasteiger partial charge in [-0.2, -0.15) is 11.8 Å². The maximum atomic E-state index is 13.8. The number of hydrogen-bond acceptors (Lipinski definition) is 4. The number of benzene rings is 1. The Kier molecular flexibility index (Phi) is 6.28. The highest BCUT2D eigenvalue weighted by atomic mass is 79.9. The molecule has 1 aromatic carbocycles. The summed E-state index contributed by atoms with van der Waals surface area (Å²) < 4.78 is 15.1. The van der Waals surface area contributed by atoms with E-state index in [4.69, 9.17) is 12.2 Å². The van der Waals surface area contributed by atoms with E-state index in [1.165, 1.54) is 17.8 Å². The largest absolute Gasteiger partial charge is 0.293 e. The molecule has 21 heavy (non-hydrogen) atoms. The molecule has 0 bridgehead atoms. The summed E-state index contributed by atoms with van der Waals surface area (Å²) in [6.07, 6.45) is 4.49. The second-order valence-electron chi connectivity index (χ2n) is 4.35. The number of hydrogen-bond donors (Lipinski definition) is 0. The van der Waals surface area contributed by atoms with Crippen LogP contribution in [0.25, 0.3) is 6.08 Å². The Morgan fingerprint density at radius 3 is 3.00 bits per heavy atom. The van der Waals surface area contributed by atoms with Crippen molar-refractivity contribution < 1.29 is 9.18 Å². The second kappa shape index (κ2) is 7.76. The summed E-state index contributed by atoms with van der Waals surface area (Å²) in [4.78, 5) is 14.4. The van der Waals surface area contributed by atoms with E-state index in [2.05, 4.69) is 15.9 Å². The minimum absolute atomic E-state index is 0.134. The van der Waals surface area contributed by atoms with Crippen LogP contribution in [0.3, 0.4) is 0 Å². The van der Waals surface area contributed by atoms with Gasteiger partial charge in [0, 0.05) is 16.6 Å². The lowest BCUT2D eigenvalue weighted by Crippen LogP contribution is -2.29. The molecule has 1 fully saturated rings. The van der Waals surface area contributed by atoms with E-state index >= 15 is 0 Å². The van der Waals surface area contributed by atoms with Gasteiger partial charge in [0.1, 0.15) is 10.1 Å². The van der Waals surface area contributed by atoms with Crippen molar-refractivity contribution in [2.24, 2.45) is 0 Å². The standard InChI is InChI=1S/C14H13BrFNOS3/c1-20-6-2-5-17-13(18)12(21-14(17)19)8-9-7-10(15)3-4-11(9)16/h3-4,7-8H,2,5-6H2,1H3/b12-8+. The highest BCUT2D eigenvalue weighted by Crippen LogP contribution is 2.33. The molecule has 0 spiro atoms. The first kappa shape index (κ1) is 17.0. The van der Waals surface area contributed by atoms with Crippen LogP contribution in [-0.4, -0.2) is 33.7 Å².